The minimum absolute atomic E-state index is 0.108. The van der Waals surface area contributed by atoms with Crippen molar-refractivity contribution < 1.29 is 19.5 Å². The number of likely N-dealkylation sites (tertiary alicyclic amines) is 1. The normalized spacial score (nSPS) is 25.2. The van der Waals surface area contributed by atoms with E-state index < -0.39 is 23.6 Å². The topological polar surface area (TPSA) is 128 Å². The van der Waals surface area contributed by atoms with Gasteiger partial charge in [-0.15, -0.1) is 0 Å². The molecule has 0 aliphatic carbocycles. The number of hydrogen-bond acceptors (Lipinski definition) is 7. The molecule has 2 atom stereocenters. The summed E-state index contributed by atoms with van der Waals surface area (Å²) in [5.74, 6) is -0.397. The number of piperidine rings is 1. The number of aromatic nitrogens is 2. The number of nitrogens with zero attached hydrogens (tertiary/aromatic N) is 4. The molecule has 0 saturated carbocycles. The van der Waals surface area contributed by atoms with E-state index >= 15 is 0 Å². The number of urea groups is 1. The number of anilines is 1. The number of carbonyl (C=O) groups excluding carboxylic acids is 3. The summed E-state index contributed by atoms with van der Waals surface area (Å²) in [5, 5.41) is 15.9. The highest BCUT2D eigenvalue weighted by molar-refractivity contribution is 6.08. The standard InChI is InChI=1S/C16H22N6O4/c1-16(2)13(25)22(15(26)20-16)9-12(24)21-7-4-10(11(23)8-21)19-14-17-5-3-6-18-14/h3,5-6,10-11,23H,4,7-9H2,1-2H3,(H,20,26)(H,17,18,19)/t10-,11-/m1/s1. The molecule has 2 fully saturated rings. The van der Waals surface area contributed by atoms with E-state index in [2.05, 4.69) is 20.6 Å². The van der Waals surface area contributed by atoms with Crippen molar-refractivity contribution in [1.82, 2.24) is 25.1 Å². The van der Waals surface area contributed by atoms with Crippen LogP contribution in [0.2, 0.25) is 0 Å². The second kappa shape index (κ2) is 6.87. The first-order valence-electron chi connectivity index (χ1n) is 8.41. The lowest BCUT2D eigenvalue weighted by Gasteiger charge is -2.36. The molecule has 0 radical (unpaired) electrons. The number of nitrogens with one attached hydrogen (secondary N) is 2. The van der Waals surface area contributed by atoms with Crippen LogP contribution in [0.15, 0.2) is 18.5 Å². The predicted molar refractivity (Wildman–Crippen MR) is 91.0 cm³/mol. The van der Waals surface area contributed by atoms with Crippen LogP contribution in [-0.2, 0) is 9.59 Å². The molecule has 10 nitrogen and oxygen atoms in total. The van der Waals surface area contributed by atoms with E-state index in [9.17, 15) is 19.5 Å². The van der Waals surface area contributed by atoms with Gasteiger partial charge < -0.3 is 20.6 Å². The fraction of sp³-hybridized carbons (Fsp3) is 0.562. The number of imide groups is 1. The van der Waals surface area contributed by atoms with Crippen molar-refractivity contribution in [2.45, 2.75) is 38.0 Å². The number of β-amino-alcohol motifs (C(OH)–C–C–N with tert-alkyl or cyclic N) is 1. The van der Waals surface area contributed by atoms with Crippen LogP contribution >= 0.6 is 0 Å². The molecule has 3 heterocycles. The highest BCUT2D eigenvalue weighted by Crippen LogP contribution is 2.18. The summed E-state index contributed by atoms with van der Waals surface area (Å²) in [6.07, 6.45) is 2.88. The number of amides is 4. The van der Waals surface area contributed by atoms with E-state index in [4.69, 9.17) is 0 Å². The molecular weight excluding hydrogens is 340 g/mol. The first kappa shape index (κ1) is 18.1. The number of aliphatic hydroxyl groups excluding tert-OH is 1. The van der Waals surface area contributed by atoms with Crippen molar-refractivity contribution in [2.24, 2.45) is 0 Å². The summed E-state index contributed by atoms with van der Waals surface area (Å²) in [7, 11) is 0. The molecule has 3 rings (SSSR count). The van der Waals surface area contributed by atoms with Gasteiger partial charge in [0.15, 0.2) is 0 Å². The Balaban J connectivity index is 1.56. The van der Waals surface area contributed by atoms with Crippen molar-refractivity contribution in [2.75, 3.05) is 25.0 Å². The number of aliphatic hydroxyl groups is 1. The molecule has 0 spiro atoms. The summed E-state index contributed by atoms with van der Waals surface area (Å²) in [5.41, 5.74) is -1.01. The molecule has 1 aromatic heterocycles. The van der Waals surface area contributed by atoms with Crippen LogP contribution in [0, 0.1) is 0 Å². The molecular formula is C16H22N6O4. The zero-order valence-electron chi connectivity index (χ0n) is 14.7. The van der Waals surface area contributed by atoms with E-state index in [1.54, 1.807) is 32.3 Å². The van der Waals surface area contributed by atoms with Crippen LogP contribution in [0.4, 0.5) is 10.7 Å². The average molecular weight is 362 g/mol. The largest absolute Gasteiger partial charge is 0.389 e. The second-order valence-corrected chi connectivity index (χ2v) is 6.97. The van der Waals surface area contributed by atoms with Crippen LogP contribution in [0.5, 0.6) is 0 Å². The Hall–Kier alpha value is -2.75. The lowest BCUT2D eigenvalue weighted by Crippen LogP contribution is -2.54. The van der Waals surface area contributed by atoms with E-state index in [1.165, 1.54) is 4.90 Å². The van der Waals surface area contributed by atoms with Crippen molar-refractivity contribution in [3.05, 3.63) is 18.5 Å². The van der Waals surface area contributed by atoms with Crippen molar-refractivity contribution in [3.63, 3.8) is 0 Å². The molecule has 4 amide bonds. The first-order chi connectivity index (χ1) is 12.3. The Morgan fingerprint density at radius 3 is 2.65 bits per heavy atom. The van der Waals surface area contributed by atoms with E-state index in [0.29, 0.717) is 18.9 Å². The lowest BCUT2D eigenvalue weighted by atomic mass is 10.0. The molecule has 26 heavy (non-hydrogen) atoms. The Labute approximate surface area is 150 Å². The van der Waals surface area contributed by atoms with Gasteiger partial charge in [0.25, 0.3) is 5.91 Å². The first-order valence-corrected chi connectivity index (χ1v) is 8.41. The molecule has 140 valence electrons. The van der Waals surface area contributed by atoms with Gasteiger partial charge in [-0.3, -0.25) is 14.5 Å². The fourth-order valence-corrected chi connectivity index (χ4v) is 3.06. The molecule has 3 N–H and O–H groups in total. The molecule has 2 saturated heterocycles. The summed E-state index contributed by atoms with van der Waals surface area (Å²) >= 11 is 0. The maximum Gasteiger partial charge on any atom is 0.325 e. The van der Waals surface area contributed by atoms with Gasteiger partial charge in [0.2, 0.25) is 11.9 Å². The summed E-state index contributed by atoms with van der Waals surface area (Å²) in [6, 6.07) is 0.837. The van der Waals surface area contributed by atoms with Crippen molar-refractivity contribution in [3.8, 4) is 0 Å². The zero-order valence-corrected chi connectivity index (χ0v) is 14.7. The molecule has 0 bridgehead atoms. The quantitative estimate of drug-likeness (QED) is 0.597. The average Bonchev–Trinajstić information content (AvgIpc) is 2.79. The smallest absolute Gasteiger partial charge is 0.325 e. The molecule has 2 aliphatic heterocycles. The third kappa shape index (κ3) is 3.59. The minimum Gasteiger partial charge on any atom is -0.389 e. The second-order valence-electron chi connectivity index (χ2n) is 6.97. The zero-order chi connectivity index (χ0) is 18.9. The molecule has 0 unspecified atom stereocenters. The monoisotopic (exact) mass is 362 g/mol. The highest BCUT2D eigenvalue weighted by atomic mass is 16.3. The van der Waals surface area contributed by atoms with Crippen LogP contribution in [0.3, 0.4) is 0 Å². The molecule has 1 aromatic rings. The van der Waals surface area contributed by atoms with Gasteiger partial charge in [-0.1, -0.05) is 0 Å². The predicted octanol–water partition coefficient (Wildman–Crippen LogP) is -0.819. The lowest BCUT2D eigenvalue weighted by molar-refractivity contribution is -0.140. The number of rotatable bonds is 4. The maximum absolute atomic E-state index is 12.5. The third-order valence-corrected chi connectivity index (χ3v) is 4.55. The molecule has 2 aliphatic rings. The van der Waals surface area contributed by atoms with Gasteiger partial charge in [-0.05, 0) is 26.3 Å². The summed E-state index contributed by atoms with van der Waals surface area (Å²) in [6.45, 7) is 3.35. The Morgan fingerprint density at radius 2 is 2.08 bits per heavy atom. The number of hydrogen-bond donors (Lipinski definition) is 3. The summed E-state index contributed by atoms with van der Waals surface area (Å²) < 4.78 is 0. The maximum atomic E-state index is 12.5. The van der Waals surface area contributed by atoms with Crippen molar-refractivity contribution >= 4 is 23.8 Å². The molecule has 10 heteroatoms. The summed E-state index contributed by atoms with van der Waals surface area (Å²) in [4.78, 5) is 47.0. The highest BCUT2D eigenvalue weighted by Gasteiger charge is 2.45. The molecule has 0 aromatic carbocycles. The van der Waals surface area contributed by atoms with E-state index in [0.717, 1.165) is 4.90 Å². The van der Waals surface area contributed by atoms with Gasteiger partial charge in [0, 0.05) is 25.5 Å². The van der Waals surface area contributed by atoms with E-state index in [1.807, 2.05) is 0 Å². The van der Waals surface area contributed by atoms with Crippen LogP contribution < -0.4 is 10.6 Å². The van der Waals surface area contributed by atoms with Gasteiger partial charge >= 0.3 is 6.03 Å². The van der Waals surface area contributed by atoms with Gasteiger partial charge in [0.1, 0.15) is 12.1 Å². The van der Waals surface area contributed by atoms with Crippen LogP contribution in [-0.4, -0.2) is 80.0 Å². The minimum atomic E-state index is -1.01. The Bertz CT molecular complexity index is 710. The van der Waals surface area contributed by atoms with Gasteiger partial charge in [0.05, 0.1) is 12.1 Å². The van der Waals surface area contributed by atoms with Crippen LogP contribution in [0.25, 0.3) is 0 Å². The van der Waals surface area contributed by atoms with Gasteiger partial charge in [-0.25, -0.2) is 14.8 Å². The Kier molecular flexibility index (Phi) is 4.77. The van der Waals surface area contributed by atoms with Gasteiger partial charge in [-0.2, -0.15) is 0 Å². The number of carbonyl (C=O) groups is 3. The Morgan fingerprint density at radius 1 is 1.38 bits per heavy atom. The van der Waals surface area contributed by atoms with Crippen LogP contribution in [0.1, 0.15) is 20.3 Å². The third-order valence-electron chi connectivity index (χ3n) is 4.55. The van der Waals surface area contributed by atoms with E-state index in [-0.39, 0.29) is 25.0 Å². The SMILES string of the molecule is CC1(C)NC(=O)N(CC(=O)N2CC[C@@H](Nc3ncccn3)[C@H](O)C2)C1=O. The van der Waals surface area contributed by atoms with Crippen molar-refractivity contribution in [1.29, 1.82) is 0 Å². The fourth-order valence-electron chi connectivity index (χ4n) is 3.06.